The predicted octanol–water partition coefficient (Wildman–Crippen LogP) is 1.58. The molecule has 1 aromatic carbocycles. The Labute approximate surface area is 111 Å². The van der Waals surface area contributed by atoms with Gasteiger partial charge in [0.05, 0.1) is 5.92 Å². The zero-order valence-corrected chi connectivity index (χ0v) is 10.6. The van der Waals surface area contributed by atoms with Gasteiger partial charge in [0.2, 0.25) is 6.79 Å². The first-order valence-electron chi connectivity index (χ1n) is 6.59. The number of ether oxygens (including phenoxy) is 2. The van der Waals surface area contributed by atoms with Gasteiger partial charge in [-0.2, -0.15) is 0 Å². The first kappa shape index (κ1) is 12.3. The number of nitrogens with one attached hydrogen (secondary N) is 1. The summed E-state index contributed by atoms with van der Waals surface area (Å²) in [4.78, 5) is 11.6. The molecule has 2 unspecified atom stereocenters. The number of carboxylic acid groups (broad SMARTS) is 1. The van der Waals surface area contributed by atoms with Crippen LogP contribution in [0.3, 0.4) is 0 Å². The summed E-state index contributed by atoms with van der Waals surface area (Å²) in [5.41, 5.74) is 0.797. The van der Waals surface area contributed by atoms with E-state index < -0.39 is 11.9 Å². The molecule has 5 heteroatoms. The molecule has 0 spiro atoms. The second-order valence-electron chi connectivity index (χ2n) is 5.04. The van der Waals surface area contributed by atoms with Gasteiger partial charge >= 0.3 is 5.97 Å². The Kier molecular flexibility index (Phi) is 3.29. The van der Waals surface area contributed by atoms with E-state index in [-0.39, 0.29) is 12.7 Å². The van der Waals surface area contributed by atoms with Gasteiger partial charge in [0.1, 0.15) is 0 Å². The molecule has 3 rings (SSSR count). The highest BCUT2D eigenvalue weighted by Crippen LogP contribution is 2.37. The van der Waals surface area contributed by atoms with Crippen molar-refractivity contribution in [2.45, 2.75) is 18.8 Å². The van der Waals surface area contributed by atoms with E-state index in [1.54, 1.807) is 12.1 Å². The highest BCUT2D eigenvalue weighted by Gasteiger charge is 2.31. The van der Waals surface area contributed by atoms with Gasteiger partial charge < -0.3 is 19.9 Å². The lowest BCUT2D eigenvalue weighted by atomic mass is 9.81. The van der Waals surface area contributed by atoms with Crippen LogP contribution >= 0.6 is 0 Å². The fraction of sp³-hybridized carbons (Fsp3) is 0.500. The van der Waals surface area contributed by atoms with E-state index in [1.807, 2.05) is 6.07 Å². The van der Waals surface area contributed by atoms with Crippen LogP contribution in [0.4, 0.5) is 0 Å². The average Bonchev–Trinajstić information content (AvgIpc) is 2.87. The van der Waals surface area contributed by atoms with Gasteiger partial charge in [-0.05, 0) is 49.5 Å². The Morgan fingerprint density at radius 2 is 2.21 bits per heavy atom. The number of rotatable bonds is 3. The number of piperidine rings is 1. The van der Waals surface area contributed by atoms with Crippen molar-refractivity contribution in [1.82, 2.24) is 5.32 Å². The molecule has 0 saturated carbocycles. The number of hydrogen-bond acceptors (Lipinski definition) is 4. The molecule has 5 nitrogen and oxygen atoms in total. The maximum absolute atomic E-state index is 11.6. The van der Waals surface area contributed by atoms with E-state index in [0.717, 1.165) is 31.5 Å². The fourth-order valence-corrected chi connectivity index (χ4v) is 2.89. The Bertz CT molecular complexity index is 482. The molecule has 0 bridgehead atoms. The molecule has 2 aliphatic rings. The van der Waals surface area contributed by atoms with E-state index in [4.69, 9.17) is 9.47 Å². The molecule has 1 aromatic rings. The number of carbonyl (C=O) groups is 1. The maximum atomic E-state index is 11.6. The van der Waals surface area contributed by atoms with Crippen molar-refractivity contribution < 1.29 is 19.4 Å². The normalized spacial score (nSPS) is 23.1. The minimum Gasteiger partial charge on any atom is -0.481 e. The highest BCUT2D eigenvalue weighted by atomic mass is 16.7. The second-order valence-corrected chi connectivity index (χ2v) is 5.04. The molecule has 0 aromatic heterocycles. The molecular formula is C14H17NO4. The molecule has 2 atom stereocenters. The van der Waals surface area contributed by atoms with E-state index in [0.29, 0.717) is 11.5 Å². The maximum Gasteiger partial charge on any atom is 0.311 e. The molecule has 1 saturated heterocycles. The molecule has 0 radical (unpaired) electrons. The fourth-order valence-electron chi connectivity index (χ4n) is 2.89. The highest BCUT2D eigenvalue weighted by molar-refractivity contribution is 5.77. The summed E-state index contributed by atoms with van der Waals surface area (Å²) >= 11 is 0. The molecule has 19 heavy (non-hydrogen) atoms. The molecule has 0 amide bonds. The monoisotopic (exact) mass is 263 g/mol. The van der Waals surface area contributed by atoms with Gasteiger partial charge in [0.25, 0.3) is 0 Å². The third-order valence-electron chi connectivity index (χ3n) is 3.83. The Morgan fingerprint density at radius 1 is 1.37 bits per heavy atom. The summed E-state index contributed by atoms with van der Waals surface area (Å²) in [7, 11) is 0. The largest absolute Gasteiger partial charge is 0.481 e. The first-order chi connectivity index (χ1) is 9.25. The van der Waals surface area contributed by atoms with Gasteiger partial charge in [0, 0.05) is 0 Å². The number of fused-ring (bicyclic) bond motifs is 1. The van der Waals surface area contributed by atoms with Crippen LogP contribution in [0.25, 0.3) is 0 Å². The summed E-state index contributed by atoms with van der Waals surface area (Å²) in [5, 5.41) is 12.8. The number of benzene rings is 1. The van der Waals surface area contributed by atoms with Crippen LogP contribution in [-0.2, 0) is 4.79 Å². The van der Waals surface area contributed by atoms with Gasteiger partial charge in [-0.3, -0.25) is 4.79 Å². The topological polar surface area (TPSA) is 67.8 Å². The van der Waals surface area contributed by atoms with Crippen LogP contribution < -0.4 is 14.8 Å². The van der Waals surface area contributed by atoms with Crippen molar-refractivity contribution in [2.24, 2.45) is 5.92 Å². The predicted molar refractivity (Wildman–Crippen MR) is 68.5 cm³/mol. The number of hydrogen-bond donors (Lipinski definition) is 2. The summed E-state index contributed by atoms with van der Waals surface area (Å²) in [6, 6.07) is 5.43. The average molecular weight is 263 g/mol. The van der Waals surface area contributed by atoms with Gasteiger partial charge in [-0.25, -0.2) is 0 Å². The minimum absolute atomic E-state index is 0.131. The van der Waals surface area contributed by atoms with Crippen molar-refractivity contribution in [1.29, 1.82) is 0 Å². The van der Waals surface area contributed by atoms with Crippen LogP contribution in [0.2, 0.25) is 0 Å². The van der Waals surface area contributed by atoms with E-state index >= 15 is 0 Å². The van der Waals surface area contributed by atoms with Crippen LogP contribution in [0.15, 0.2) is 18.2 Å². The standard InChI is InChI=1S/C14H17NO4/c16-14(17)13(10-2-1-5-15-7-10)9-3-4-11-12(6-9)19-8-18-11/h3-4,6,10,13,15H,1-2,5,7-8H2,(H,16,17). The lowest BCUT2D eigenvalue weighted by molar-refractivity contribution is -0.140. The molecule has 0 aliphatic carbocycles. The zero-order chi connectivity index (χ0) is 13.2. The number of aliphatic carboxylic acids is 1. The molecule has 2 heterocycles. The van der Waals surface area contributed by atoms with Crippen molar-refractivity contribution in [2.75, 3.05) is 19.9 Å². The van der Waals surface area contributed by atoms with Crippen LogP contribution in [0.5, 0.6) is 11.5 Å². The lowest BCUT2D eigenvalue weighted by Crippen LogP contribution is -2.36. The summed E-state index contributed by atoms with van der Waals surface area (Å²) < 4.78 is 10.6. The summed E-state index contributed by atoms with van der Waals surface area (Å²) in [5.74, 6) is 0.212. The van der Waals surface area contributed by atoms with Crippen LogP contribution in [0.1, 0.15) is 24.3 Å². The van der Waals surface area contributed by atoms with Crippen molar-refractivity contribution in [3.8, 4) is 11.5 Å². The molecule has 1 fully saturated rings. The molecule has 2 N–H and O–H groups in total. The Balaban J connectivity index is 1.89. The molecule has 102 valence electrons. The zero-order valence-electron chi connectivity index (χ0n) is 10.6. The number of carboxylic acids is 1. The summed E-state index contributed by atoms with van der Waals surface area (Å²) in [6.45, 7) is 1.94. The second kappa shape index (κ2) is 5.09. The SMILES string of the molecule is O=C(O)C(c1ccc2c(c1)OCO2)C1CCCNC1. The quantitative estimate of drug-likeness (QED) is 0.866. The van der Waals surface area contributed by atoms with Crippen LogP contribution in [0, 0.1) is 5.92 Å². The van der Waals surface area contributed by atoms with Gasteiger partial charge in [0.15, 0.2) is 11.5 Å². The summed E-state index contributed by atoms with van der Waals surface area (Å²) in [6.07, 6.45) is 1.97. The minimum atomic E-state index is -0.771. The van der Waals surface area contributed by atoms with Crippen molar-refractivity contribution >= 4 is 5.97 Å². The van der Waals surface area contributed by atoms with Crippen molar-refractivity contribution in [3.63, 3.8) is 0 Å². The van der Waals surface area contributed by atoms with E-state index in [1.165, 1.54) is 0 Å². The van der Waals surface area contributed by atoms with Crippen molar-refractivity contribution in [3.05, 3.63) is 23.8 Å². The third kappa shape index (κ3) is 2.38. The van der Waals surface area contributed by atoms with Gasteiger partial charge in [-0.1, -0.05) is 6.07 Å². The van der Waals surface area contributed by atoms with Gasteiger partial charge in [-0.15, -0.1) is 0 Å². The van der Waals surface area contributed by atoms with Crippen LogP contribution in [-0.4, -0.2) is 31.0 Å². The first-order valence-corrected chi connectivity index (χ1v) is 6.59. The molecule has 2 aliphatic heterocycles. The third-order valence-corrected chi connectivity index (χ3v) is 3.83. The molecular weight excluding hydrogens is 246 g/mol. The smallest absolute Gasteiger partial charge is 0.311 e. The van der Waals surface area contributed by atoms with E-state index in [2.05, 4.69) is 5.32 Å². The lowest BCUT2D eigenvalue weighted by Gasteiger charge is -2.28. The Morgan fingerprint density at radius 3 is 2.95 bits per heavy atom. The Hall–Kier alpha value is -1.75. The van der Waals surface area contributed by atoms with E-state index in [9.17, 15) is 9.90 Å².